The van der Waals surface area contributed by atoms with Crippen LogP contribution in [0.5, 0.6) is 0 Å². The Morgan fingerprint density at radius 3 is 2.56 bits per heavy atom. The number of aliphatic hydroxyl groups excluding tert-OH is 1. The maximum Gasteiger partial charge on any atom is 0.393 e. The Kier molecular flexibility index (Phi) is 4.40. The predicted molar refractivity (Wildman–Crippen MR) is 50.6 cm³/mol. The maximum atomic E-state index is 12.5. The van der Waals surface area contributed by atoms with E-state index < -0.39 is 24.6 Å². The number of likely N-dealkylation sites (tertiary alicyclic amines) is 1. The number of azide groups is 1. The highest BCUT2D eigenvalue weighted by atomic mass is 19.4. The van der Waals surface area contributed by atoms with Gasteiger partial charge in [-0.05, 0) is 5.53 Å². The molecule has 0 saturated carbocycles. The summed E-state index contributed by atoms with van der Waals surface area (Å²) < 4.78 is 37.6. The van der Waals surface area contributed by atoms with Crippen molar-refractivity contribution in [3.8, 4) is 0 Å². The summed E-state index contributed by atoms with van der Waals surface area (Å²) in [6.07, 6.45) is -4.28. The second-order valence-electron chi connectivity index (χ2n) is 3.80. The number of hydrogen-bond acceptors (Lipinski definition) is 3. The van der Waals surface area contributed by atoms with Crippen molar-refractivity contribution in [1.82, 2.24) is 4.90 Å². The molecular formula is C8H13F3N4O. The second kappa shape index (κ2) is 5.38. The summed E-state index contributed by atoms with van der Waals surface area (Å²) in [6.45, 7) is 0.0475. The van der Waals surface area contributed by atoms with E-state index >= 15 is 0 Å². The molecular weight excluding hydrogens is 225 g/mol. The Morgan fingerprint density at radius 2 is 2.12 bits per heavy atom. The number of alkyl halides is 3. The molecule has 8 heteroatoms. The van der Waals surface area contributed by atoms with Crippen LogP contribution in [-0.4, -0.2) is 49.0 Å². The zero-order chi connectivity index (χ0) is 12.2. The van der Waals surface area contributed by atoms with Crippen LogP contribution in [0.4, 0.5) is 13.2 Å². The predicted octanol–water partition coefficient (Wildman–Crippen LogP) is 1.40. The van der Waals surface area contributed by atoms with Crippen LogP contribution in [0.1, 0.15) is 0 Å². The van der Waals surface area contributed by atoms with Gasteiger partial charge in [-0.1, -0.05) is 5.11 Å². The first kappa shape index (κ1) is 13.1. The van der Waals surface area contributed by atoms with Gasteiger partial charge in [-0.3, -0.25) is 0 Å². The molecule has 0 spiro atoms. The molecule has 1 aliphatic heterocycles. The van der Waals surface area contributed by atoms with Gasteiger partial charge in [0.1, 0.15) is 0 Å². The van der Waals surface area contributed by atoms with Gasteiger partial charge in [0.25, 0.3) is 0 Å². The largest absolute Gasteiger partial charge is 0.396 e. The Bertz CT molecular complexity index is 277. The minimum Gasteiger partial charge on any atom is -0.396 e. The van der Waals surface area contributed by atoms with Crippen molar-refractivity contribution in [3.63, 3.8) is 0 Å². The van der Waals surface area contributed by atoms with Crippen LogP contribution >= 0.6 is 0 Å². The Balaban J connectivity index is 2.53. The normalized spacial score (nSPS) is 26.8. The molecule has 1 rings (SSSR count). The highest BCUT2D eigenvalue weighted by Gasteiger charge is 2.48. The van der Waals surface area contributed by atoms with Crippen LogP contribution in [0, 0.1) is 11.8 Å². The van der Waals surface area contributed by atoms with Crippen LogP contribution in [0.25, 0.3) is 10.4 Å². The molecule has 0 amide bonds. The lowest BCUT2D eigenvalue weighted by atomic mass is 9.97. The van der Waals surface area contributed by atoms with E-state index in [0.717, 1.165) is 0 Å². The summed E-state index contributed by atoms with van der Waals surface area (Å²) in [5.74, 6) is -2.25. The number of rotatable bonds is 4. The lowest BCUT2D eigenvalue weighted by Crippen LogP contribution is -2.31. The van der Waals surface area contributed by atoms with Crippen LogP contribution < -0.4 is 0 Å². The van der Waals surface area contributed by atoms with Gasteiger partial charge in [-0.15, -0.1) is 0 Å². The third-order valence-corrected chi connectivity index (χ3v) is 2.75. The molecule has 1 aliphatic rings. The molecule has 0 radical (unpaired) electrons. The average Bonchev–Trinajstić information content (AvgIpc) is 2.61. The van der Waals surface area contributed by atoms with Crippen molar-refractivity contribution in [2.75, 3.05) is 32.8 Å². The summed E-state index contributed by atoms with van der Waals surface area (Å²) >= 11 is 0. The smallest absolute Gasteiger partial charge is 0.393 e. The molecule has 0 bridgehead atoms. The van der Waals surface area contributed by atoms with Crippen molar-refractivity contribution in [3.05, 3.63) is 10.4 Å². The van der Waals surface area contributed by atoms with Gasteiger partial charge in [-0.2, -0.15) is 13.2 Å². The molecule has 0 aromatic heterocycles. The van der Waals surface area contributed by atoms with Gasteiger partial charge >= 0.3 is 6.18 Å². The minimum atomic E-state index is -4.28. The van der Waals surface area contributed by atoms with E-state index in [1.54, 1.807) is 4.90 Å². The fourth-order valence-electron chi connectivity index (χ4n) is 1.93. The quantitative estimate of drug-likeness (QED) is 0.456. The molecule has 92 valence electrons. The molecule has 1 N–H and O–H groups in total. The molecule has 0 aromatic rings. The Labute approximate surface area is 90.5 Å². The van der Waals surface area contributed by atoms with Crippen molar-refractivity contribution >= 4 is 0 Å². The number of aliphatic hydroxyl groups is 1. The summed E-state index contributed by atoms with van der Waals surface area (Å²) in [6, 6.07) is 0. The first-order valence-electron chi connectivity index (χ1n) is 4.89. The van der Waals surface area contributed by atoms with Crippen LogP contribution in [0.3, 0.4) is 0 Å². The zero-order valence-corrected chi connectivity index (χ0v) is 8.56. The number of hydrogen-bond donors (Lipinski definition) is 1. The summed E-state index contributed by atoms with van der Waals surface area (Å²) in [7, 11) is 0. The fourth-order valence-corrected chi connectivity index (χ4v) is 1.93. The van der Waals surface area contributed by atoms with E-state index in [2.05, 4.69) is 10.0 Å². The van der Waals surface area contributed by atoms with Crippen molar-refractivity contribution in [2.24, 2.45) is 17.0 Å². The van der Waals surface area contributed by atoms with Gasteiger partial charge in [0.15, 0.2) is 0 Å². The molecule has 0 unspecified atom stereocenters. The van der Waals surface area contributed by atoms with Gasteiger partial charge < -0.3 is 10.0 Å². The van der Waals surface area contributed by atoms with E-state index in [9.17, 15) is 13.2 Å². The van der Waals surface area contributed by atoms with Crippen LogP contribution in [0.15, 0.2) is 5.11 Å². The molecule has 5 nitrogen and oxygen atoms in total. The van der Waals surface area contributed by atoms with Gasteiger partial charge in [0, 0.05) is 43.6 Å². The molecule has 1 fully saturated rings. The van der Waals surface area contributed by atoms with Crippen molar-refractivity contribution in [1.29, 1.82) is 0 Å². The van der Waals surface area contributed by atoms with Gasteiger partial charge in [0.2, 0.25) is 0 Å². The Morgan fingerprint density at radius 1 is 1.44 bits per heavy atom. The monoisotopic (exact) mass is 238 g/mol. The standard InChI is InChI=1S/C8H13F3N4O/c9-8(10,11)7-4-15(2-1-13-14-12)3-6(7)5-16/h6-7,16H,1-5H2/t6-,7-/m1/s1. The molecule has 1 heterocycles. The van der Waals surface area contributed by atoms with Gasteiger partial charge in [-0.25, -0.2) is 0 Å². The molecule has 0 aliphatic carbocycles. The molecule has 1 saturated heterocycles. The topological polar surface area (TPSA) is 72.2 Å². The average molecular weight is 238 g/mol. The lowest BCUT2D eigenvalue weighted by Gasteiger charge is -2.19. The van der Waals surface area contributed by atoms with Crippen LogP contribution in [-0.2, 0) is 0 Å². The third-order valence-electron chi connectivity index (χ3n) is 2.75. The van der Waals surface area contributed by atoms with E-state index in [-0.39, 0.29) is 19.6 Å². The minimum absolute atomic E-state index is 0.129. The number of nitrogens with zero attached hydrogens (tertiary/aromatic N) is 4. The maximum absolute atomic E-state index is 12.5. The summed E-state index contributed by atoms with van der Waals surface area (Å²) in [5.41, 5.74) is 8.04. The SMILES string of the molecule is [N-]=[N+]=NCCN1C[C@H](CO)[C@H](C(F)(F)F)C1. The van der Waals surface area contributed by atoms with Gasteiger partial charge in [0.05, 0.1) is 5.92 Å². The van der Waals surface area contributed by atoms with E-state index in [0.29, 0.717) is 6.54 Å². The fraction of sp³-hybridized carbons (Fsp3) is 1.00. The summed E-state index contributed by atoms with van der Waals surface area (Å²) in [5, 5.41) is 12.1. The van der Waals surface area contributed by atoms with E-state index in [1.165, 1.54) is 0 Å². The zero-order valence-electron chi connectivity index (χ0n) is 8.56. The van der Waals surface area contributed by atoms with Crippen molar-refractivity contribution in [2.45, 2.75) is 6.18 Å². The molecule has 0 aromatic carbocycles. The third kappa shape index (κ3) is 3.26. The highest BCUT2D eigenvalue weighted by Crippen LogP contribution is 2.37. The first-order chi connectivity index (χ1) is 7.49. The molecule has 2 atom stereocenters. The van der Waals surface area contributed by atoms with E-state index in [1.807, 2.05) is 0 Å². The van der Waals surface area contributed by atoms with Crippen LogP contribution in [0.2, 0.25) is 0 Å². The summed E-state index contributed by atoms with van der Waals surface area (Å²) in [4.78, 5) is 4.09. The lowest BCUT2D eigenvalue weighted by molar-refractivity contribution is -0.183. The molecule has 16 heavy (non-hydrogen) atoms. The number of halogens is 3. The van der Waals surface area contributed by atoms with Crippen molar-refractivity contribution < 1.29 is 18.3 Å². The Hall–Kier alpha value is -0.980. The first-order valence-corrected chi connectivity index (χ1v) is 4.89. The van der Waals surface area contributed by atoms with E-state index in [4.69, 9.17) is 10.6 Å². The highest BCUT2D eigenvalue weighted by molar-refractivity contribution is 4.88. The second-order valence-corrected chi connectivity index (χ2v) is 3.80.